The average molecular weight is 356 g/mol. The number of hydrogen-bond acceptors (Lipinski definition) is 6. The molecule has 0 bridgehead atoms. The Labute approximate surface area is 151 Å². The Bertz CT molecular complexity index is 867. The molecule has 1 aliphatic rings. The summed E-state index contributed by atoms with van der Waals surface area (Å²) in [6, 6.07) is 4.52. The van der Waals surface area contributed by atoms with Gasteiger partial charge < -0.3 is 10.2 Å². The van der Waals surface area contributed by atoms with E-state index in [1.54, 1.807) is 17.5 Å². The van der Waals surface area contributed by atoms with Crippen LogP contribution in [-0.2, 0) is 0 Å². The highest BCUT2D eigenvalue weighted by Gasteiger charge is 2.24. The first-order chi connectivity index (χ1) is 12.1. The molecular weight excluding hydrogens is 332 g/mol. The van der Waals surface area contributed by atoms with Crippen LogP contribution >= 0.6 is 11.3 Å². The standard InChI is InChI=1S/C18H24N6S/c1-11(2)9-13-10-24(8-7-19-13)18-21-15(12(3)25-18)16-14-5-4-6-20-17(14)23-22-16/h4-6,11,13,19H,7-10H2,1-3H3,(H,20,22,23)/t13-/m0/s1. The molecule has 1 aliphatic heterocycles. The number of pyridine rings is 1. The molecule has 1 saturated heterocycles. The summed E-state index contributed by atoms with van der Waals surface area (Å²) >= 11 is 1.76. The van der Waals surface area contributed by atoms with Crippen LogP contribution in [0.4, 0.5) is 5.13 Å². The van der Waals surface area contributed by atoms with Crippen molar-refractivity contribution in [3.05, 3.63) is 23.2 Å². The first-order valence-electron chi connectivity index (χ1n) is 8.87. The summed E-state index contributed by atoms with van der Waals surface area (Å²) in [5.41, 5.74) is 2.68. The van der Waals surface area contributed by atoms with Crippen molar-refractivity contribution in [3.8, 4) is 11.4 Å². The number of nitrogens with zero attached hydrogens (tertiary/aromatic N) is 4. The highest BCUT2D eigenvalue weighted by Crippen LogP contribution is 2.34. The van der Waals surface area contributed by atoms with E-state index >= 15 is 0 Å². The van der Waals surface area contributed by atoms with Gasteiger partial charge in [0.15, 0.2) is 10.8 Å². The first kappa shape index (κ1) is 16.5. The molecule has 0 unspecified atom stereocenters. The molecule has 4 rings (SSSR count). The van der Waals surface area contributed by atoms with Gasteiger partial charge in [-0.05, 0) is 31.4 Å². The lowest BCUT2D eigenvalue weighted by molar-refractivity contribution is 0.388. The second kappa shape index (κ2) is 6.72. The van der Waals surface area contributed by atoms with Crippen LogP contribution in [0.15, 0.2) is 18.3 Å². The van der Waals surface area contributed by atoms with E-state index in [-0.39, 0.29) is 0 Å². The Morgan fingerprint density at radius 2 is 2.24 bits per heavy atom. The van der Waals surface area contributed by atoms with Gasteiger partial charge in [-0.15, -0.1) is 11.3 Å². The zero-order valence-corrected chi connectivity index (χ0v) is 15.7. The summed E-state index contributed by atoms with van der Waals surface area (Å²) in [6.45, 7) is 9.73. The van der Waals surface area contributed by atoms with Gasteiger partial charge >= 0.3 is 0 Å². The fraction of sp³-hybridized carbons (Fsp3) is 0.500. The van der Waals surface area contributed by atoms with Crippen LogP contribution in [0.3, 0.4) is 0 Å². The Morgan fingerprint density at radius 1 is 1.36 bits per heavy atom. The summed E-state index contributed by atoms with van der Waals surface area (Å²) in [5.74, 6) is 0.703. The molecular formula is C18H24N6S. The third-order valence-electron chi connectivity index (χ3n) is 4.63. The zero-order valence-electron chi connectivity index (χ0n) is 14.9. The number of aromatic amines is 1. The van der Waals surface area contributed by atoms with Crippen molar-refractivity contribution in [2.45, 2.75) is 33.2 Å². The molecule has 4 heterocycles. The van der Waals surface area contributed by atoms with Crippen LogP contribution in [0, 0.1) is 12.8 Å². The smallest absolute Gasteiger partial charge is 0.186 e. The fourth-order valence-electron chi connectivity index (χ4n) is 3.50. The van der Waals surface area contributed by atoms with Crippen LogP contribution in [0.5, 0.6) is 0 Å². The maximum absolute atomic E-state index is 4.95. The van der Waals surface area contributed by atoms with E-state index in [2.05, 4.69) is 46.2 Å². The van der Waals surface area contributed by atoms with E-state index in [1.807, 2.05) is 12.1 Å². The number of hydrogen-bond donors (Lipinski definition) is 2. The number of aromatic nitrogens is 4. The molecule has 0 aliphatic carbocycles. The minimum atomic E-state index is 0.539. The number of anilines is 1. The normalized spacial score (nSPS) is 18.4. The van der Waals surface area contributed by atoms with Gasteiger partial charge in [0.2, 0.25) is 0 Å². The van der Waals surface area contributed by atoms with Crippen molar-refractivity contribution >= 4 is 27.5 Å². The highest BCUT2D eigenvalue weighted by atomic mass is 32.1. The van der Waals surface area contributed by atoms with Crippen molar-refractivity contribution < 1.29 is 0 Å². The van der Waals surface area contributed by atoms with Crippen LogP contribution in [0.2, 0.25) is 0 Å². The molecule has 1 fully saturated rings. The molecule has 3 aromatic heterocycles. The van der Waals surface area contributed by atoms with Crippen LogP contribution in [-0.4, -0.2) is 45.8 Å². The summed E-state index contributed by atoms with van der Waals surface area (Å²) in [5, 5.41) is 13.2. The van der Waals surface area contributed by atoms with Crippen molar-refractivity contribution in [3.63, 3.8) is 0 Å². The number of fused-ring (bicyclic) bond motifs is 1. The fourth-order valence-corrected chi connectivity index (χ4v) is 4.44. The number of thiazole rings is 1. The molecule has 132 valence electrons. The molecule has 7 heteroatoms. The van der Waals surface area contributed by atoms with Crippen LogP contribution in [0.25, 0.3) is 22.4 Å². The van der Waals surface area contributed by atoms with Gasteiger partial charge in [0.05, 0.1) is 0 Å². The number of nitrogens with one attached hydrogen (secondary N) is 2. The van der Waals surface area contributed by atoms with Crippen molar-refractivity contribution in [1.82, 2.24) is 25.5 Å². The number of aryl methyl sites for hydroxylation is 1. The number of rotatable bonds is 4. The Hall–Kier alpha value is -1.99. The molecule has 0 radical (unpaired) electrons. The largest absolute Gasteiger partial charge is 0.345 e. The van der Waals surface area contributed by atoms with Gasteiger partial charge in [-0.3, -0.25) is 5.10 Å². The van der Waals surface area contributed by atoms with Crippen LogP contribution in [0.1, 0.15) is 25.1 Å². The number of piperazine rings is 1. The number of H-pyrrole nitrogens is 1. The molecule has 1 atom stereocenters. The van der Waals surface area contributed by atoms with Gasteiger partial charge in [0.1, 0.15) is 11.4 Å². The average Bonchev–Trinajstić information content (AvgIpc) is 3.18. The SMILES string of the molecule is Cc1sc(N2CCN[C@@H](CC(C)C)C2)nc1-c1n[nH]c2ncccc12. The minimum Gasteiger partial charge on any atom is -0.345 e. The maximum Gasteiger partial charge on any atom is 0.186 e. The second-order valence-electron chi connectivity index (χ2n) is 7.10. The van der Waals surface area contributed by atoms with E-state index in [0.717, 1.165) is 47.2 Å². The molecule has 25 heavy (non-hydrogen) atoms. The summed E-state index contributed by atoms with van der Waals surface area (Å²) < 4.78 is 0. The molecule has 3 aromatic rings. The zero-order chi connectivity index (χ0) is 17.4. The summed E-state index contributed by atoms with van der Waals surface area (Å²) in [4.78, 5) is 12.9. The van der Waals surface area contributed by atoms with E-state index in [1.165, 1.54) is 11.3 Å². The lowest BCUT2D eigenvalue weighted by Crippen LogP contribution is -2.51. The maximum atomic E-state index is 4.95. The minimum absolute atomic E-state index is 0.539. The Balaban J connectivity index is 1.62. The Morgan fingerprint density at radius 3 is 3.08 bits per heavy atom. The van der Waals surface area contributed by atoms with Crippen molar-refractivity contribution in [1.29, 1.82) is 0 Å². The topological polar surface area (TPSA) is 69.7 Å². The van der Waals surface area contributed by atoms with Gasteiger partial charge in [-0.25, -0.2) is 9.97 Å². The molecule has 0 saturated carbocycles. The molecule has 0 amide bonds. The third kappa shape index (κ3) is 3.26. The lowest BCUT2D eigenvalue weighted by Gasteiger charge is -2.34. The molecule has 2 N–H and O–H groups in total. The van der Waals surface area contributed by atoms with Gasteiger partial charge in [0, 0.05) is 42.1 Å². The summed E-state index contributed by atoms with van der Waals surface area (Å²) in [6.07, 6.45) is 2.97. The first-order valence-corrected chi connectivity index (χ1v) is 9.68. The monoisotopic (exact) mass is 356 g/mol. The van der Waals surface area contributed by atoms with E-state index < -0.39 is 0 Å². The van der Waals surface area contributed by atoms with E-state index in [4.69, 9.17) is 4.98 Å². The highest BCUT2D eigenvalue weighted by molar-refractivity contribution is 7.16. The predicted octanol–water partition coefficient (Wildman–Crippen LogP) is 3.21. The summed E-state index contributed by atoms with van der Waals surface area (Å²) in [7, 11) is 0. The molecule has 0 spiro atoms. The van der Waals surface area contributed by atoms with Gasteiger partial charge in [-0.2, -0.15) is 5.10 Å². The second-order valence-corrected chi connectivity index (χ2v) is 8.28. The van der Waals surface area contributed by atoms with Crippen LogP contribution < -0.4 is 10.2 Å². The third-order valence-corrected chi connectivity index (χ3v) is 5.66. The van der Waals surface area contributed by atoms with Crippen molar-refractivity contribution in [2.24, 2.45) is 5.92 Å². The van der Waals surface area contributed by atoms with Gasteiger partial charge in [0.25, 0.3) is 0 Å². The lowest BCUT2D eigenvalue weighted by atomic mass is 10.0. The predicted molar refractivity (Wildman–Crippen MR) is 103 cm³/mol. The van der Waals surface area contributed by atoms with Gasteiger partial charge in [-0.1, -0.05) is 13.8 Å². The Kier molecular flexibility index (Phi) is 4.43. The quantitative estimate of drug-likeness (QED) is 0.751. The van der Waals surface area contributed by atoms with E-state index in [9.17, 15) is 0 Å². The van der Waals surface area contributed by atoms with E-state index in [0.29, 0.717) is 12.0 Å². The molecule has 0 aromatic carbocycles. The van der Waals surface area contributed by atoms with Crippen molar-refractivity contribution in [2.75, 3.05) is 24.5 Å². The molecule has 6 nitrogen and oxygen atoms in total.